The van der Waals surface area contributed by atoms with Crippen molar-refractivity contribution in [2.45, 2.75) is 13.0 Å². The van der Waals surface area contributed by atoms with Gasteiger partial charge >= 0.3 is 12.1 Å². The Hall–Kier alpha value is -1.30. The molecule has 1 rings (SSSR count). The molecule has 1 saturated heterocycles. The summed E-state index contributed by atoms with van der Waals surface area (Å²) in [5.74, 6) is -0.963. The number of nitrogens with one attached hydrogen (secondary N) is 1. The van der Waals surface area contributed by atoms with E-state index in [4.69, 9.17) is 10.8 Å². The SMILES string of the molecule is C[C@H](N)C(=O)O.O=C1NCCO1. The lowest BCUT2D eigenvalue weighted by Crippen LogP contribution is -2.25. The Kier molecular flexibility index (Phi) is 4.78. The molecule has 1 aliphatic rings. The van der Waals surface area contributed by atoms with Crippen molar-refractivity contribution in [2.24, 2.45) is 5.73 Å². The van der Waals surface area contributed by atoms with Crippen molar-refractivity contribution in [3.05, 3.63) is 0 Å². The lowest BCUT2D eigenvalue weighted by atomic mass is 10.4. The Morgan fingerprint density at radius 1 is 1.83 bits per heavy atom. The van der Waals surface area contributed by atoms with E-state index in [0.717, 1.165) is 0 Å². The van der Waals surface area contributed by atoms with Crippen molar-refractivity contribution in [3.8, 4) is 0 Å². The fraction of sp³-hybridized carbons (Fsp3) is 0.667. The Morgan fingerprint density at radius 2 is 2.33 bits per heavy atom. The first-order valence-corrected chi connectivity index (χ1v) is 3.43. The maximum atomic E-state index is 9.91. The fourth-order valence-electron chi connectivity index (χ4n) is 0.348. The van der Waals surface area contributed by atoms with Gasteiger partial charge in [-0.15, -0.1) is 0 Å². The summed E-state index contributed by atoms with van der Waals surface area (Å²) in [7, 11) is 0. The van der Waals surface area contributed by atoms with Gasteiger partial charge in [0.25, 0.3) is 0 Å². The van der Waals surface area contributed by atoms with Crippen molar-refractivity contribution < 1.29 is 19.4 Å². The molecule has 0 radical (unpaired) electrons. The van der Waals surface area contributed by atoms with Gasteiger partial charge in [0.1, 0.15) is 12.6 Å². The van der Waals surface area contributed by atoms with Gasteiger partial charge in [0, 0.05) is 0 Å². The highest BCUT2D eigenvalue weighted by Crippen LogP contribution is 1.82. The topological polar surface area (TPSA) is 102 Å². The van der Waals surface area contributed by atoms with Gasteiger partial charge in [0.15, 0.2) is 0 Å². The highest BCUT2D eigenvalue weighted by Gasteiger charge is 2.06. The number of ether oxygens (including phenoxy) is 1. The highest BCUT2D eigenvalue weighted by atomic mass is 16.6. The Bertz CT molecular complexity index is 159. The Morgan fingerprint density at radius 3 is 2.42 bits per heavy atom. The molecule has 0 aromatic carbocycles. The molecule has 0 aromatic heterocycles. The molecule has 1 aliphatic heterocycles. The van der Waals surface area contributed by atoms with E-state index in [1.807, 2.05) is 0 Å². The first-order valence-electron chi connectivity index (χ1n) is 3.43. The summed E-state index contributed by atoms with van der Waals surface area (Å²) < 4.78 is 4.40. The van der Waals surface area contributed by atoms with Gasteiger partial charge in [-0.2, -0.15) is 0 Å². The smallest absolute Gasteiger partial charge is 0.407 e. The summed E-state index contributed by atoms with van der Waals surface area (Å²) in [6.07, 6.45) is -0.296. The third-order valence-electron chi connectivity index (χ3n) is 0.994. The van der Waals surface area contributed by atoms with Gasteiger partial charge in [-0.1, -0.05) is 0 Å². The van der Waals surface area contributed by atoms with E-state index in [-0.39, 0.29) is 6.09 Å². The van der Waals surface area contributed by atoms with E-state index in [9.17, 15) is 9.59 Å². The highest BCUT2D eigenvalue weighted by molar-refractivity contribution is 5.72. The number of cyclic esters (lactones) is 1. The van der Waals surface area contributed by atoms with Gasteiger partial charge in [0.05, 0.1) is 6.54 Å². The normalized spacial score (nSPS) is 16.7. The summed E-state index contributed by atoms with van der Waals surface area (Å²) in [5, 5.41) is 10.3. The molecule has 1 fully saturated rings. The first-order chi connectivity index (χ1) is 5.54. The monoisotopic (exact) mass is 176 g/mol. The molecule has 0 aliphatic carbocycles. The number of alkyl carbamates (subject to hydrolysis) is 1. The molecule has 12 heavy (non-hydrogen) atoms. The molecule has 0 spiro atoms. The van der Waals surface area contributed by atoms with Crippen LogP contribution in [0.1, 0.15) is 6.92 Å². The Labute approximate surface area is 69.7 Å². The maximum absolute atomic E-state index is 9.91. The van der Waals surface area contributed by atoms with Crippen LogP contribution in [0.25, 0.3) is 0 Å². The average molecular weight is 176 g/mol. The van der Waals surface area contributed by atoms with E-state index in [1.54, 1.807) is 0 Å². The van der Waals surface area contributed by atoms with Crippen LogP contribution in [-0.4, -0.2) is 36.4 Å². The number of amides is 1. The number of carbonyl (C=O) groups excluding carboxylic acids is 1. The molecular weight excluding hydrogens is 164 g/mol. The molecule has 6 nitrogen and oxygen atoms in total. The zero-order valence-electron chi connectivity index (χ0n) is 6.74. The van der Waals surface area contributed by atoms with Crippen LogP contribution >= 0.6 is 0 Å². The standard InChI is InChI=1S/C3H5NO2.C3H7NO2/c5-3-4-1-2-6-3;1-2(4)3(5)6/h1-2H2,(H,4,5);2H,4H2,1H3,(H,5,6)/t;2-/m.0/s1. The van der Waals surface area contributed by atoms with Gasteiger partial charge in [0.2, 0.25) is 0 Å². The molecule has 4 N–H and O–H groups in total. The van der Waals surface area contributed by atoms with Crippen molar-refractivity contribution in [2.75, 3.05) is 13.2 Å². The summed E-state index contributed by atoms with van der Waals surface area (Å²) in [4.78, 5) is 19.5. The van der Waals surface area contributed by atoms with Crippen LogP contribution in [0.5, 0.6) is 0 Å². The zero-order chi connectivity index (χ0) is 9.56. The second-order valence-electron chi connectivity index (χ2n) is 2.19. The van der Waals surface area contributed by atoms with Crippen molar-refractivity contribution in [3.63, 3.8) is 0 Å². The number of hydrogen-bond acceptors (Lipinski definition) is 4. The summed E-state index contributed by atoms with van der Waals surface area (Å²) in [6.45, 7) is 2.61. The van der Waals surface area contributed by atoms with E-state index in [1.165, 1.54) is 6.92 Å². The predicted octanol–water partition coefficient (Wildman–Crippen LogP) is -0.856. The zero-order valence-corrected chi connectivity index (χ0v) is 6.74. The van der Waals surface area contributed by atoms with E-state index in [2.05, 4.69) is 10.1 Å². The quantitative estimate of drug-likeness (QED) is 0.482. The lowest BCUT2D eigenvalue weighted by molar-refractivity contribution is -0.138. The predicted molar refractivity (Wildman–Crippen MR) is 40.6 cm³/mol. The molecule has 0 aromatic rings. The van der Waals surface area contributed by atoms with Crippen molar-refractivity contribution in [1.82, 2.24) is 5.32 Å². The maximum Gasteiger partial charge on any atom is 0.407 e. The number of hydrogen-bond donors (Lipinski definition) is 3. The lowest BCUT2D eigenvalue weighted by Gasteiger charge is -1.90. The molecule has 70 valence electrons. The Balaban J connectivity index is 0.000000202. The minimum Gasteiger partial charge on any atom is -0.480 e. The van der Waals surface area contributed by atoms with Crippen LogP contribution in [0.15, 0.2) is 0 Å². The van der Waals surface area contributed by atoms with Crippen molar-refractivity contribution >= 4 is 12.1 Å². The molecule has 0 saturated carbocycles. The third kappa shape index (κ3) is 5.48. The molecular formula is C6H12N2O4. The third-order valence-corrected chi connectivity index (χ3v) is 0.994. The number of carboxylic acid groups (broad SMARTS) is 1. The van der Waals surface area contributed by atoms with Crippen LogP contribution in [0.4, 0.5) is 4.79 Å². The summed E-state index contributed by atoms with van der Waals surface area (Å²) in [6, 6.07) is -0.731. The van der Waals surface area contributed by atoms with E-state index >= 15 is 0 Å². The molecule has 1 atom stereocenters. The molecule has 0 bridgehead atoms. The fourth-order valence-corrected chi connectivity index (χ4v) is 0.348. The molecule has 0 unspecified atom stereocenters. The largest absolute Gasteiger partial charge is 0.480 e. The minimum absolute atomic E-state index is 0.296. The number of aliphatic carboxylic acids is 1. The van der Waals surface area contributed by atoms with Gasteiger partial charge < -0.3 is 20.9 Å². The van der Waals surface area contributed by atoms with Crippen LogP contribution in [0.2, 0.25) is 0 Å². The number of carboxylic acids is 1. The average Bonchev–Trinajstić information content (AvgIpc) is 2.40. The van der Waals surface area contributed by atoms with Gasteiger partial charge in [-0.05, 0) is 6.92 Å². The van der Waals surface area contributed by atoms with Crippen LogP contribution < -0.4 is 11.1 Å². The minimum atomic E-state index is -0.963. The second kappa shape index (κ2) is 5.36. The number of carbonyl (C=O) groups is 2. The van der Waals surface area contributed by atoms with Crippen LogP contribution in [0.3, 0.4) is 0 Å². The summed E-state index contributed by atoms with van der Waals surface area (Å²) in [5.41, 5.74) is 4.84. The van der Waals surface area contributed by atoms with Crippen LogP contribution in [0, 0.1) is 0 Å². The summed E-state index contributed by atoms with van der Waals surface area (Å²) >= 11 is 0. The van der Waals surface area contributed by atoms with Gasteiger partial charge in [-0.3, -0.25) is 4.79 Å². The molecule has 1 heterocycles. The first kappa shape index (κ1) is 10.7. The number of rotatable bonds is 1. The molecule has 1 amide bonds. The van der Waals surface area contributed by atoms with Gasteiger partial charge in [-0.25, -0.2) is 4.79 Å². The van der Waals surface area contributed by atoms with Crippen molar-refractivity contribution in [1.29, 1.82) is 0 Å². The van der Waals surface area contributed by atoms with Crippen LogP contribution in [-0.2, 0) is 9.53 Å². The number of nitrogens with two attached hydrogens (primary N) is 1. The molecule has 6 heteroatoms. The van der Waals surface area contributed by atoms with E-state index < -0.39 is 12.0 Å². The second-order valence-corrected chi connectivity index (χ2v) is 2.19. The van der Waals surface area contributed by atoms with E-state index in [0.29, 0.717) is 13.2 Å².